The number of carbonyl (C=O) groups excluding carboxylic acids is 2. The van der Waals surface area contributed by atoms with Crippen molar-refractivity contribution < 1.29 is 14.3 Å². The van der Waals surface area contributed by atoms with Gasteiger partial charge in [-0.1, -0.05) is 20.8 Å². The van der Waals surface area contributed by atoms with Crippen LogP contribution in [0.15, 0.2) is 18.2 Å². The maximum Gasteiger partial charge on any atom is 0.253 e. The van der Waals surface area contributed by atoms with Crippen molar-refractivity contribution in [1.82, 2.24) is 4.90 Å². The highest BCUT2D eigenvalue weighted by atomic mass is 16.5. The fourth-order valence-corrected chi connectivity index (χ4v) is 3.72. The van der Waals surface area contributed by atoms with Crippen LogP contribution in [0.3, 0.4) is 0 Å². The molecule has 1 aromatic rings. The molecule has 2 heterocycles. The number of hydrogen-bond donors (Lipinski definition) is 0. The van der Waals surface area contributed by atoms with Crippen molar-refractivity contribution in [2.24, 2.45) is 5.92 Å². The third-order valence-corrected chi connectivity index (χ3v) is 5.22. The summed E-state index contributed by atoms with van der Waals surface area (Å²) in [7, 11) is 0. The van der Waals surface area contributed by atoms with Gasteiger partial charge in [0, 0.05) is 43.9 Å². The summed E-state index contributed by atoms with van der Waals surface area (Å²) >= 11 is 0. The number of benzene rings is 1. The van der Waals surface area contributed by atoms with Crippen LogP contribution in [0.5, 0.6) is 0 Å². The van der Waals surface area contributed by atoms with Gasteiger partial charge < -0.3 is 14.5 Å². The van der Waals surface area contributed by atoms with Crippen LogP contribution in [0.4, 0.5) is 5.69 Å². The van der Waals surface area contributed by atoms with E-state index in [4.69, 9.17) is 4.74 Å². The van der Waals surface area contributed by atoms with Gasteiger partial charge >= 0.3 is 0 Å². The normalized spacial score (nSPS) is 17.7. The van der Waals surface area contributed by atoms with Crippen LogP contribution in [-0.4, -0.2) is 49.1 Å². The SMILES string of the molecule is CCC(=O)N1CCc2cc(C(=O)N3CCC(OCC(C)C)CC3)ccc21. The summed E-state index contributed by atoms with van der Waals surface area (Å²) in [6.07, 6.45) is 3.42. The van der Waals surface area contributed by atoms with E-state index < -0.39 is 0 Å². The summed E-state index contributed by atoms with van der Waals surface area (Å²) < 4.78 is 5.91. The average Bonchev–Trinajstić information content (AvgIpc) is 3.08. The van der Waals surface area contributed by atoms with Crippen LogP contribution in [0.2, 0.25) is 0 Å². The van der Waals surface area contributed by atoms with Crippen LogP contribution in [0.25, 0.3) is 0 Å². The Labute approximate surface area is 156 Å². The van der Waals surface area contributed by atoms with E-state index >= 15 is 0 Å². The Balaban J connectivity index is 1.61. The van der Waals surface area contributed by atoms with Crippen LogP contribution in [0.1, 0.15) is 56.0 Å². The number of piperidine rings is 1. The highest BCUT2D eigenvalue weighted by Gasteiger charge is 2.27. The largest absolute Gasteiger partial charge is 0.378 e. The lowest BCUT2D eigenvalue weighted by Crippen LogP contribution is -2.41. The number of hydrogen-bond acceptors (Lipinski definition) is 3. The lowest BCUT2D eigenvalue weighted by Gasteiger charge is -2.32. The van der Waals surface area contributed by atoms with Crippen molar-refractivity contribution >= 4 is 17.5 Å². The monoisotopic (exact) mass is 358 g/mol. The first kappa shape index (κ1) is 18.9. The fourth-order valence-electron chi connectivity index (χ4n) is 3.72. The van der Waals surface area contributed by atoms with Gasteiger partial charge in [-0.2, -0.15) is 0 Å². The minimum absolute atomic E-state index is 0.0929. The molecule has 0 aliphatic carbocycles. The first-order valence-electron chi connectivity index (χ1n) is 9.83. The molecule has 0 atom stereocenters. The molecule has 0 spiro atoms. The summed E-state index contributed by atoms with van der Waals surface area (Å²) in [5.74, 6) is 0.780. The Morgan fingerprint density at radius 1 is 1.19 bits per heavy atom. The maximum atomic E-state index is 12.8. The molecule has 5 heteroatoms. The molecule has 0 N–H and O–H groups in total. The molecule has 1 saturated heterocycles. The molecule has 3 rings (SSSR count). The lowest BCUT2D eigenvalue weighted by atomic mass is 10.0. The van der Waals surface area contributed by atoms with Crippen LogP contribution < -0.4 is 4.90 Å². The van der Waals surface area contributed by atoms with Gasteiger partial charge in [0.25, 0.3) is 5.91 Å². The van der Waals surface area contributed by atoms with Gasteiger partial charge in [0.05, 0.1) is 6.10 Å². The zero-order valence-electron chi connectivity index (χ0n) is 16.2. The topological polar surface area (TPSA) is 49.9 Å². The molecule has 2 aliphatic rings. The van der Waals surface area contributed by atoms with Crippen molar-refractivity contribution in [1.29, 1.82) is 0 Å². The predicted molar refractivity (Wildman–Crippen MR) is 103 cm³/mol. The molecule has 1 fully saturated rings. The van der Waals surface area contributed by atoms with E-state index in [1.54, 1.807) is 0 Å². The number of nitrogens with zero attached hydrogens (tertiary/aromatic N) is 2. The molecule has 2 aliphatic heterocycles. The van der Waals surface area contributed by atoms with Crippen molar-refractivity contribution in [3.8, 4) is 0 Å². The molecule has 5 nitrogen and oxygen atoms in total. The van der Waals surface area contributed by atoms with E-state index in [1.807, 2.05) is 34.9 Å². The number of rotatable bonds is 5. The summed E-state index contributed by atoms with van der Waals surface area (Å²) in [5, 5.41) is 0. The summed E-state index contributed by atoms with van der Waals surface area (Å²) in [4.78, 5) is 28.6. The summed E-state index contributed by atoms with van der Waals surface area (Å²) in [5.41, 5.74) is 2.80. The highest BCUT2D eigenvalue weighted by Crippen LogP contribution is 2.30. The van der Waals surface area contributed by atoms with E-state index in [0.29, 0.717) is 12.3 Å². The average molecular weight is 358 g/mol. The molecule has 0 radical (unpaired) electrons. The van der Waals surface area contributed by atoms with Crippen molar-refractivity contribution in [3.63, 3.8) is 0 Å². The predicted octanol–water partition coefficient (Wildman–Crippen LogP) is 3.26. The first-order valence-corrected chi connectivity index (χ1v) is 9.83. The highest BCUT2D eigenvalue weighted by molar-refractivity contribution is 5.98. The molecular formula is C21H30N2O3. The second-order valence-electron chi connectivity index (χ2n) is 7.71. The van der Waals surface area contributed by atoms with Crippen LogP contribution in [-0.2, 0) is 16.0 Å². The molecule has 0 bridgehead atoms. The number of amides is 2. The van der Waals surface area contributed by atoms with E-state index in [9.17, 15) is 9.59 Å². The molecule has 26 heavy (non-hydrogen) atoms. The minimum atomic E-state index is 0.0929. The van der Waals surface area contributed by atoms with Crippen LogP contribution >= 0.6 is 0 Å². The second kappa shape index (κ2) is 8.21. The lowest BCUT2D eigenvalue weighted by molar-refractivity contribution is -0.118. The van der Waals surface area contributed by atoms with E-state index in [-0.39, 0.29) is 17.9 Å². The number of carbonyl (C=O) groups is 2. The van der Waals surface area contributed by atoms with Crippen molar-refractivity contribution in [3.05, 3.63) is 29.3 Å². The van der Waals surface area contributed by atoms with E-state index in [0.717, 1.165) is 62.3 Å². The summed E-state index contributed by atoms with van der Waals surface area (Å²) in [6, 6.07) is 5.77. The quantitative estimate of drug-likeness (QED) is 0.812. The Morgan fingerprint density at radius 3 is 2.58 bits per heavy atom. The standard InChI is InChI=1S/C21H30N2O3/c1-4-20(24)23-12-7-16-13-17(5-6-19(16)23)21(25)22-10-8-18(9-11-22)26-14-15(2)3/h5-6,13,15,18H,4,7-12,14H2,1-3H3. The van der Waals surface area contributed by atoms with Crippen molar-refractivity contribution in [2.45, 2.75) is 52.6 Å². The molecule has 2 amide bonds. The van der Waals surface area contributed by atoms with Gasteiger partial charge in [0.2, 0.25) is 5.91 Å². The fraction of sp³-hybridized carbons (Fsp3) is 0.619. The molecule has 0 unspecified atom stereocenters. The Bertz CT molecular complexity index is 663. The number of anilines is 1. The van der Waals surface area contributed by atoms with Gasteiger partial charge in [-0.15, -0.1) is 0 Å². The first-order chi connectivity index (χ1) is 12.5. The second-order valence-corrected chi connectivity index (χ2v) is 7.71. The molecule has 1 aromatic carbocycles. The van der Waals surface area contributed by atoms with E-state index in [2.05, 4.69) is 13.8 Å². The number of likely N-dealkylation sites (tertiary alicyclic amines) is 1. The third kappa shape index (κ3) is 4.09. The third-order valence-electron chi connectivity index (χ3n) is 5.22. The van der Waals surface area contributed by atoms with Gasteiger partial charge in [-0.05, 0) is 48.9 Å². The zero-order valence-corrected chi connectivity index (χ0v) is 16.2. The Kier molecular flexibility index (Phi) is 5.97. The smallest absolute Gasteiger partial charge is 0.253 e. The van der Waals surface area contributed by atoms with Gasteiger partial charge in [0.1, 0.15) is 0 Å². The molecule has 0 aromatic heterocycles. The van der Waals surface area contributed by atoms with Gasteiger partial charge in [-0.25, -0.2) is 0 Å². The minimum Gasteiger partial charge on any atom is -0.378 e. The number of fused-ring (bicyclic) bond motifs is 1. The molecule has 142 valence electrons. The Hall–Kier alpha value is -1.88. The summed E-state index contributed by atoms with van der Waals surface area (Å²) in [6.45, 7) is 9.20. The Morgan fingerprint density at radius 2 is 1.92 bits per heavy atom. The van der Waals surface area contributed by atoms with Crippen molar-refractivity contribution in [2.75, 3.05) is 31.1 Å². The van der Waals surface area contributed by atoms with Crippen LogP contribution in [0, 0.1) is 5.92 Å². The van der Waals surface area contributed by atoms with Gasteiger partial charge in [0.15, 0.2) is 0 Å². The van der Waals surface area contributed by atoms with E-state index in [1.165, 1.54) is 0 Å². The number of ether oxygens (including phenoxy) is 1. The molecular weight excluding hydrogens is 328 g/mol. The molecule has 0 saturated carbocycles. The maximum absolute atomic E-state index is 12.8. The zero-order chi connectivity index (χ0) is 18.7. The van der Waals surface area contributed by atoms with Gasteiger partial charge in [-0.3, -0.25) is 9.59 Å².